The summed E-state index contributed by atoms with van der Waals surface area (Å²) in [6.45, 7) is 6.60. The van der Waals surface area contributed by atoms with Gasteiger partial charge in [-0.1, -0.05) is 31.5 Å². The average Bonchev–Trinajstić information content (AvgIpc) is 2.25. The highest BCUT2D eigenvalue weighted by molar-refractivity contribution is 6.30. The predicted octanol–water partition coefficient (Wildman–Crippen LogP) is 4.75. The largest absolute Gasteiger partial charge is 0.388 e. The Balaban J connectivity index is 2.17. The Morgan fingerprint density at radius 2 is 1.72 bits per heavy atom. The van der Waals surface area contributed by atoms with E-state index in [4.69, 9.17) is 11.6 Å². The van der Waals surface area contributed by atoms with E-state index in [0.29, 0.717) is 17.8 Å². The van der Waals surface area contributed by atoms with Gasteiger partial charge in [0.05, 0.1) is 6.10 Å². The first-order valence-corrected chi connectivity index (χ1v) is 7.28. The van der Waals surface area contributed by atoms with E-state index >= 15 is 0 Å². The fourth-order valence-electron chi connectivity index (χ4n) is 3.47. The predicted molar refractivity (Wildman–Crippen MR) is 76.8 cm³/mol. The molecule has 1 aromatic carbocycles. The highest BCUT2D eigenvalue weighted by Crippen LogP contribution is 2.40. The van der Waals surface area contributed by atoms with Crippen LogP contribution in [0.15, 0.2) is 18.2 Å². The molecule has 1 aliphatic carbocycles. The molecule has 0 heterocycles. The summed E-state index contributed by atoms with van der Waals surface area (Å²) < 4.78 is 0. The first kappa shape index (κ1) is 13.9. The van der Waals surface area contributed by atoms with E-state index in [0.717, 1.165) is 29.0 Å². The normalized spacial score (nSPS) is 30.2. The summed E-state index contributed by atoms with van der Waals surface area (Å²) in [5.41, 5.74) is 2.10. The minimum atomic E-state index is -0.368. The van der Waals surface area contributed by atoms with Crippen molar-refractivity contribution in [1.29, 1.82) is 0 Å². The van der Waals surface area contributed by atoms with Gasteiger partial charge in [-0.3, -0.25) is 0 Å². The molecule has 1 saturated carbocycles. The number of benzene rings is 1. The lowest BCUT2D eigenvalue weighted by atomic mass is 9.73. The van der Waals surface area contributed by atoms with Gasteiger partial charge in [0.25, 0.3) is 0 Å². The molecule has 0 aliphatic heterocycles. The van der Waals surface area contributed by atoms with Crippen molar-refractivity contribution in [3.63, 3.8) is 0 Å². The van der Waals surface area contributed by atoms with E-state index < -0.39 is 0 Å². The molecular weight excluding hydrogens is 244 g/mol. The van der Waals surface area contributed by atoms with Crippen molar-refractivity contribution in [2.24, 2.45) is 17.8 Å². The van der Waals surface area contributed by atoms with Gasteiger partial charge in [0.15, 0.2) is 0 Å². The fraction of sp³-hybridized carbons (Fsp3) is 0.625. The number of hydrogen-bond donors (Lipinski definition) is 1. The van der Waals surface area contributed by atoms with Crippen LogP contribution in [0, 0.1) is 24.7 Å². The molecule has 1 aromatic rings. The van der Waals surface area contributed by atoms with Crippen LogP contribution in [0.3, 0.4) is 0 Å². The third-order valence-electron chi connectivity index (χ3n) is 4.07. The Morgan fingerprint density at radius 3 is 2.28 bits per heavy atom. The van der Waals surface area contributed by atoms with E-state index in [2.05, 4.69) is 19.9 Å². The van der Waals surface area contributed by atoms with Crippen molar-refractivity contribution in [3.8, 4) is 0 Å². The molecule has 3 atom stereocenters. The second-order valence-corrected chi connectivity index (χ2v) is 6.62. The molecule has 2 heteroatoms. The number of hydrogen-bond acceptors (Lipinski definition) is 1. The van der Waals surface area contributed by atoms with Crippen LogP contribution in [0.4, 0.5) is 0 Å². The lowest BCUT2D eigenvalue weighted by Crippen LogP contribution is -2.24. The van der Waals surface area contributed by atoms with Crippen molar-refractivity contribution < 1.29 is 5.11 Å². The summed E-state index contributed by atoms with van der Waals surface area (Å²) in [4.78, 5) is 0. The highest BCUT2D eigenvalue weighted by Gasteiger charge is 2.29. The summed E-state index contributed by atoms with van der Waals surface area (Å²) in [5, 5.41) is 11.3. The van der Waals surface area contributed by atoms with Crippen LogP contribution in [0.2, 0.25) is 5.02 Å². The number of aliphatic hydroxyl groups is 1. The maximum Gasteiger partial charge on any atom is 0.0819 e. The van der Waals surface area contributed by atoms with Crippen LogP contribution in [0.1, 0.15) is 50.3 Å². The Kier molecular flexibility index (Phi) is 4.34. The van der Waals surface area contributed by atoms with Crippen LogP contribution in [-0.4, -0.2) is 5.11 Å². The van der Waals surface area contributed by atoms with Gasteiger partial charge in [-0.2, -0.15) is 0 Å². The first-order chi connectivity index (χ1) is 8.45. The van der Waals surface area contributed by atoms with Gasteiger partial charge in [0.2, 0.25) is 0 Å². The first-order valence-electron chi connectivity index (χ1n) is 6.91. The van der Waals surface area contributed by atoms with Gasteiger partial charge in [-0.05, 0) is 67.2 Å². The Bertz CT molecular complexity index is 385. The molecule has 1 aliphatic rings. The van der Waals surface area contributed by atoms with E-state index in [-0.39, 0.29) is 6.10 Å². The number of halogens is 1. The van der Waals surface area contributed by atoms with Crippen molar-refractivity contribution >= 4 is 11.6 Å². The van der Waals surface area contributed by atoms with Gasteiger partial charge in [-0.15, -0.1) is 0 Å². The lowest BCUT2D eigenvalue weighted by Gasteiger charge is -2.34. The Labute approximate surface area is 115 Å². The minimum absolute atomic E-state index is 0.368. The molecule has 3 unspecified atom stereocenters. The second-order valence-electron chi connectivity index (χ2n) is 6.18. The molecule has 1 nitrogen and oxygen atoms in total. The molecule has 1 N–H and O–H groups in total. The lowest BCUT2D eigenvalue weighted by molar-refractivity contribution is 0.0551. The van der Waals surface area contributed by atoms with Crippen molar-refractivity contribution in [2.75, 3.05) is 0 Å². The standard InChI is InChI=1S/C16H23ClO/c1-10-4-11(2)6-13(5-10)16(18)14-7-12(3)8-15(17)9-14/h7-11,13,16,18H,4-6H2,1-3H3. The third kappa shape index (κ3) is 3.27. The van der Waals surface area contributed by atoms with Crippen LogP contribution >= 0.6 is 11.6 Å². The smallest absolute Gasteiger partial charge is 0.0819 e. The Morgan fingerprint density at radius 1 is 1.11 bits per heavy atom. The van der Waals surface area contributed by atoms with E-state index in [1.54, 1.807) is 0 Å². The van der Waals surface area contributed by atoms with E-state index in [1.807, 2.05) is 19.1 Å². The van der Waals surface area contributed by atoms with Gasteiger partial charge >= 0.3 is 0 Å². The maximum absolute atomic E-state index is 10.6. The Hall–Kier alpha value is -0.530. The van der Waals surface area contributed by atoms with Gasteiger partial charge < -0.3 is 5.11 Å². The van der Waals surface area contributed by atoms with Crippen LogP contribution in [-0.2, 0) is 0 Å². The molecule has 100 valence electrons. The van der Waals surface area contributed by atoms with Gasteiger partial charge in [0, 0.05) is 5.02 Å². The highest BCUT2D eigenvalue weighted by atomic mass is 35.5. The van der Waals surface area contributed by atoms with Crippen molar-refractivity contribution in [3.05, 3.63) is 34.3 Å². The monoisotopic (exact) mass is 266 g/mol. The fourth-order valence-corrected chi connectivity index (χ4v) is 3.77. The zero-order valence-corrected chi connectivity index (χ0v) is 12.2. The summed E-state index contributed by atoms with van der Waals surface area (Å²) >= 11 is 6.08. The van der Waals surface area contributed by atoms with E-state index in [1.165, 1.54) is 6.42 Å². The summed E-state index contributed by atoms with van der Waals surface area (Å²) in [7, 11) is 0. The molecular formula is C16H23ClO. The quantitative estimate of drug-likeness (QED) is 0.819. The number of aryl methyl sites for hydroxylation is 1. The summed E-state index contributed by atoms with van der Waals surface area (Å²) in [6.07, 6.45) is 3.17. The van der Waals surface area contributed by atoms with Gasteiger partial charge in [0.1, 0.15) is 0 Å². The van der Waals surface area contributed by atoms with Crippen LogP contribution in [0.5, 0.6) is 0 Å². The minimum Gasteiger partial charge on any atom is -0.388 e. The molecule has 0 aromatic heterocycles. The number of aliphatic hydroxyl groups excluding tert-OH is 1. The van der Waals surface area contributed by atoms with Crippen LogP contribution in [0.25, 0.3) is 0 Å². The van der Waals surface area contributed by atoms with Gasteiger partial charge in [-0.25, -0.2) is 0 Å². The second kappa shape index (κ2) is 5.63. The van der Waals surface area contributed by atoms with Crippen molar-refractivity contribution in [1.82, 2.24) is 0 Å². The molecule has 0 spiro atoms. The summed E-state index contributed by atoms with van der Waals surface area (Å²) in [5.74, 6) is 1.81. The van der Waals surface area contributed by atoms with Crippen LogP contribution < -0.4 is 0 Å². The summed E-state index contributed by atoms with van der Waals surface area (Å²) in [6, 6.07) is 5.90. The third-order valence-corrected chi connectivity index (χ3v) is 4.29. The number of rotatable bonds is 2. The molecule has 0 bridgehead atoms. The average molecular weight is 267 g/mol. The topological polar surface area (TPSA) is 20.2 Å². The molecule has 0 amide bonds. The molecule has 2 rings (SSSR count). The molecule has 0 radical (unpaired) electrons. The zero-order chi connectivity index (χ0) is 13.3. The maximum atomic E-state index is 10.6. The molecule has 18 heavy (non-hydrogen) atoms. The molecule has 1 fully saturated rings. The van der Waals surface area contributed by atoms with Crippen molar-refractivity contribution in [2.45, 2.75) is 46.1 Å². The molecule has 0 saturated heterocycles. The van der Waals surface area contributed by atoms with E-state index in [9.17, 15) is 5.11 Å². The zero-order valence-electron chi connectivity index (χ0n) is 11.5. The SMILES string of the molecule is Cc1cc(Cl)cc(C(O)C2CC(C)CC(C)C2)c1.